The van der Waals surface area contributed by atoms with Gasteiger partial charge < -0.3 is 9.80 Å². The van der Waals surface area contributed by atoms with Crippen LogP contribution in [0.4, 0.5) is 0 Å². The second-order valence-corrected chi connectivity index (χ2v) is 6.39. The molecule has 1 heterocycles. The molecule has 0 unspecified atom stereocenters. The number of nitrogens with one attached hydrogen (secondary N) is 1. The van der Waals surface area contributed by atoms with Crippen molar-refractivity contribution in [2.24, 2.45) is 11.8 Å². The van der Waals surface area contributed by atoms with Gasteiger partial charge in [0, 0.05) is 37.8 Å². The average Bonchev–Trinajstić information content (AvgIpc) is 2.50. The van der Waals surface area contributed by atoms with Crippen molar-refractivity contribution in [3.63, 3.8) is 0 Å². The highest BCUT2D eigenvalue weighted by Gasteiger charge is 2.30. The molecule has 20 heavy (non-hydrogen) atoms. The van der Waals surface area contributed by atoms with Gasteiger partial charge in [0.25, 0.3) is 0 Å². The van der Waals surface area contributed by atoms with E-state index < -0.39 is 0 Å². The molecule has 1 amide bonds. The molecule has 1 aliphatic heterocycles. The number of amides is 1. The average molecular weight is 279 g/mol. The van der Waals surface area contributed by atoms with E-state index in [-0.39, 0.29) is 0 Å². The summed E-state index contributed by atoms with van der Waals surface area (Å²) in [7, 11) is 0. The zero-order valence-electron chi connectivity index (χ0n) is 13.2. The molecule has 114 valence electrons. The summed E-state index contributed by atoms with van der Waals surface area (Å²) in [4.78, 5) is 16.1. The van der Waals surface area contributed by atoms with Crippen molar-refractivity contribution in [3.8, 4) is 0 Å². The van der Waals surface area contributed by atoms with E-state index in [0.717, 1.165) is 31.8 Å². The molecular formula is C17H31N2O+. The van der Waals surface area contributed by atoms with E-state index in [2.05, 4.69) is 26.0 Å². The molecule has 1 N–H and O–H groups in total. The number of piperidine rings is 1. The molecule has 1 atom stereocenters. The number of carbonyl (C=O) groups is 1. The third-order valence-corrected chi connectivity index (χ3v) is 5.07. The number of allylic oxidation sites excluding steroid dienone is 2. The standard InChI is InChI=1S/C17H30N2O/c1-3-19(4-2)17(20)16-10-12-18(13-11-16)14-15-8-6-5-7-9-15/h5-6,15-16H,3-4,7-14H2,1-2H3/p+1/t15-/m1/s1. The first-order valence-corrected chi connectivity index (χ1v) is 8.51. The van der Waals surface area contributed by atoms with Gasteiger partial charge in [0.2, 0.25) is 5.91 Å². The molecule has 3 nitrogen and oxygen atoms in total. The van der Waals surface area contributed by atoms with E-state index in [1.807, 2.05) is 4.90 Å². The smallest absolute Gasteiger partial charge is 0.226 e. The van der Waals surface area contributed by atoms with Gasteiger partial charge in [-0.15, -0.1) is 0 Å². The van der Waals surface area contributed by atoms with E-state index in [9.17, 15) is 4.79 Å². The normalized spacial score (nSPS) is 30.2. The zero-order valence-corrected chi connectivity index (χ0v) is 13.2. The van der Waals surface area contributed by atoms with Crippen LogP contribution in [0.5, 0.6) is 0 Å². The van der Waals surface area contributed by atoms with Crippen LogP contribution < -0.4 is 4.90 Å². The summed E-state index contributed by atoms with van der Waals surface area (Å²) in [6, 6.07) is 0. The number of hydrogen-bond donors (Lipinski definition) is 1. The minimum atomic E-state index is 0.296. The fraction of sp³-hybridized carbons (Fsp3) is 0.824. The molecular weight excluding hydrogens is 248 g/mol. The van der Waals surface area contributed by atoms with E-state index in [0.29, 0.717) is 11.8 Å². The summed E-state index contributed by atoms with van der Waals surface area (Å²) < 4.78 is 0. The van der Waals surface area contributed by atoms with Crippen molar-refractivity contribution in [2.75, 3.05) is 32.7 Å². The lowest BCUT2D eigenvalue weighted by molar-refractivity contribution is -0.909. The van der Waals surface area contributed by atoms with Gasteiger partial charge in [-0.2, -0.15) is 0 Å². The Bertz CT molecular complexity index is 328. The van der Waals surface area contributed by atoms with Gasteiger partial charge in [-0.05, 0) is 33.1 Å². The Labute approximate surface area is 124 Å². The van der Waals surface area contributed by atoms with Gasteiger partial charge in [0.05, 0.1) is 19.6 Å². The summed E-state index contributed by atoms with van der Waals surface area (Å²) in [5, 5.41) is 0. The minimum Gasteiger partial charge on any atom is -0.343 e. The predicted octanol–water partition coefficient (Wildman–Crippen LogP) is 1.51. The molecule has 0 saturated carbocycles. The van der Waals surface area contributed by atoms with Crippen molar-refractivity contribution in [2.45, 2.75) is 46.0 Å². The molecule has 2 rings (SSSR count). The summed E-state index contributed by atoms with van der Waals surface area (Å²) in [6.07, 6.45) is 10.7. The Morgan fingerprint density at radius 2 is 1.85 bits per heavy atom. The largest absolute Gasteiger partial charge is 0.343 e. The predicted molar refractivity (Wildman–Crippen MR) is 82.7 cm³/mol. The highest BCUT2D eigenvalue weighted by Crippen LogP contribution is 2.17. The highest BCUT2D eigenvalue weighted by atomic mass is 16.2. The Kier molecular flexibility index (Phi) is 6.08. The van der Waals surface area contributed by atoms with Crippen LogP contribution in [0.3, 0.4) is 0 Å². The molecule has 1 fully saturated rings. The second-order valence-electron chi connectivity index (χ2n) is 6.39. The van der Waals surface area contributed by atoms with Crippen LogP contribution in [0.1, 0.15) is 46.0 Å². The summed E-state index contributed by atoms with van der Waals surface area (Å²) in [6.45, 7) is 9.58. The number of quaternary nitrogens is 1. The van der Waals surface area contributed by atoms with Crippen molar-refractivity contribution in [1.82, 2.24) is 4.90 Å². The maximum Gasteiger partial charge on any atom is 0.226 e. The van der Waals surface area contributed by atoms with Gasteiger partial charge >= 0.3 is 0 Å². The third-order valence-electron chi connectivity index (χ3n) is 5.07. The lowest BCUT2D eigenvalue weighted by Gasteiger charge is -2.33. The maximum atomic E-state index is 12.4. The molecule has 2 aliphatic rings. The SMILES string of the molecule is CCN(CC)C(=O)C1CC[NH+](C[C@@H]2CC=CCC2)CC1. The third kappa shape index (κ3) is 4.08. The molecule has 0 spiro atoms. The van der Waals surface area contributed by atoms with Crippen LogP contribution in [0.2, 0.25) is 0 Å². The van der Waals surface area contributed by atoms with Crippen LogP contribution in [0.15, 0.2) is 12.2 Å². The highest BCUT2D eigenvalue weighted by molar-refractivity contribution is 5.78. The van der Waals surface area contributed by atoms with Crippen LogP contribution >= 0.6 is 0 Å². The summed E-state index contributed by atoms with van der Waals surface area (Å²) >= 11 is 0. The monoisotopic (exact) mass is 279 g/mol. The Balaban J connectivity index is 1.74. The summed E-state index contributed by atoms with van der Waals surface area (Å²) in [5.74, 6) is 1.57. The topological polar surface area (TPSA) is 24.8 Å². The van der Waals surface area contributed by atoms with Crippen LogP contribution in [0.25, 0.3) is 0 Å². The lowest BCUT2D eigenvalue weighted by atomic mass is 9.91. The Morgan fingerprint density at radius 1 is 1.15 bits per heavy atom. The fourth-order valence-corrected chi connectivity index (χ4v) is 3.72. The lowest BCUT2D eigenvalue weighted by Crippen LogP contribution is -3.13. The van der Waals surface area contributed by atoms with E-state index in [4.69, 9.17) is 0 Å². The molecule has 1 aliphatic carbocycles. The maximum absolute atomic E-state index is 12.4. The van der Waals surface area contributed by atoms with E-state index >= 15 is 0 Å². The summed E-state index contributed by atoms with van der Waals surface area (Å²) in [5.41, 5.74) is 0. The van der Waals surface area contributed by atoms with E-state index in [1.165, 1.54) is 38.9 Å². The Morgan fingerprint density at radius 3 is 2.40 bits per heavy atom. The fourth-order valence-electron chi connectivity index (χ4n) is 3.72. The van der Waals surface area contributed by atoms with Gasteiger partial charge in [-0.1, -0.05) is 12.2 Å². The van der Waals surface area contributed by atoms with Gasteiger partial charge in [-0.25, -0.2) is 0 Å². The van der Waals surface area contributed by atoms with Crippen molar-refractivity contribution in [1.29, 1.82) is 0 Å². The first-order chi connectivity index (χ1) is 9.74. The second kappa shape index (κ2) is 7.82. The van der Waals surface area contributed by atoms with Crippen LogP contribution in [-0.4, -0.2) is 43.5 Å². The minimum absolute atomic E-state index is 0.296. The van der Waals surface area contributed by atoms with E-state index in [1.54, 1.807) is 4.90 Å². The number of rotatable bonds is 5. The van der Waals surface area contributed by atoms with Gasteiger partial charge in [-0.3, -0.25) is 4.79 Å². The van der Waals surface area contributed by atoms with Crippen molar-refractivity contribution < 1.29 is 9.69 Å². The van der Waals surface area contributed by atoms with Crippen LogP contribution in [0, 0.1) is 11.8 Å². The molecule has 0 aromatic carbocycles. The van der Waals surface area contributed by atoms with Crippen LogP contribution in [-0.2, 0) is 4.79 Å². The number of nitrogens with zero attached hydrogens (tertiary/aromatic N) is 1. The molecule has 1 saturated heterocycles. The van der Waals surface area contributed by atoms with Gasteiger partial charge in [0.15, 0.2) is 0 Å². The first kappa shape index (κ1) is 15.6. The quantitative estimate of drug-likeness (QED) is 0.758. The molecule has 0 bridgehead atoms. The molecule has 3 heteroatoms. The number of carbonyl (C=O) groups excluding carboxylic acids is 1. The molecule has 0 aromatic heterocycles. The molecule has 0 radical (unpaired) electrons. The van der Waals surface area contributed by atoms with Crippen molar-refractivity contribution in [3.05, 3.63) is 12.2 Å². The first-order valence-electron chi connectivity index (χ1n) is 8.51. The number of likely N-dealkylation sites (tertiary alicyclic amines) is 1. The number of hydrogen-bond acceptors (Lipinski definition) is 1. The Hall–Kier alpha value is -0.830. The van der Waals surface area contributed by atoms with Crippen molar-refractivity contribution >= 4 is 5.91 Å². The zero-order chi connectivity index (χ0) is 14.4. The molecule has 0 aromatic rings. The van der Waals surface area contributed by atoms with Gasteiger partial charge in [0.1, 0.15) is 0 Å².